The molecule has 2 fully saturated rings. The average Bonchev–Trinajstić information content (AvgIpc) is 3.18. The van der Waals surface area contributed by atoms with Crippen molar-refractivity contribution in [3.63, 3.8) is 0 Å². The Morgan fingerprint density at radius 1 is 1.52 bits per heavy atom. The summed E-state index contributed by atoms with van der Waals surface area (Å²) in [5.41, 5.74) is 0. The van der Waals surface area contributed by atoms with Crippen molar-refractivity contribution in [2.75, 3.05) is 0 Å². The number of carbonyl (C=O) groups excluding carboxylic acids is 1. The Bertz CT molecular complexity index is 559. The Labute approximate surface area is 127 Å². The van der Waals surface area contributed by atoms with E-state index in [0.29, 0.717) is 13.0 Å². The molecule has 3 atom stereocenters. The van der Waals surface area contributed by atoms with E-state index >= 15 is 0 Å². The lowest BCUT2D eigenvalue weighted by molar-refractivity contribution is -0.142. The number of carbonyl (C=O) groups is 2. The van der Waals surface area contributed by atoms with Crippen molar-refractivity contribution < 1.29 is 14.7 Å². The first-order valence-electron chi connectivity index (χ1n) is 7.32. The van der Waals surface area contributed by atoms with Crippen LogP contribution in [0.2, 0.25) is 0 Å². The lowest BCUT2D eigenvalue weighted by Gasteiger charge is -2.23. The Morgan fingerprint density at radius 2 is 2.33 bits per heavy atom. The number of aliphatic carboxylic acids is 1. The van der Waals surface area contributed by atoms with Gasteiger partial charge in [-0.25, -0.2) is 9.78 Å². The number of amides is 2. The summed E-state index contributed by atoms with van der Waals surface area (Å²) in [5.74, 6) is -1.19. The summed E-state index contributed by atoms with van der Waals surface area (Å²) in [7, 11) is 0. The molecule has 0 aromatic carbocycles. The van der Waals surface area contributed by atoms with Gasteiger partial charge in [0.1, 0.15) is 5.01 Å². The SMILES string of the molecule is CCc1cnc(CNC(=O)N2C3CCC2C(C(=O)O)C3)s1. The summed E-state index contributed by atoms with van der Waals surface area (Å²) >= 11 is 1.60. The van der Waals surface area contributed by atoms with Crippen LogP contribution < -0.4 is 5.32 Å². The molecule has 21 heavy (non-hydrogen) atoms. The summed E-state index contributed by atoms with van der Waals surface area (Å²) in [6.45, 7) is 2.49. The fourth-order valence-electron chi connectivity index (χ4n) is 3.41. The van der Waals surface area contributed by atoms with E-state index in [4.69, 9.17) is 0 Å². The fourth-order valence-corrected chi connectivity index (χ4v) is 4.21. The van der Waals surface area contributed by atoms with E-state index in [1.807, 2.05) is 6.20 Å². The number of urea groups is 1. The minimum atomic E-state index is -0.785. The third-order valence-corrected chi connectivity index (χ3v) is 5.57. The van der Waals surface area contributed by atoms with E-state index in [9.17, 15) is 14.7 Å². The molecule has 2 aliphatic rings. The molecule has 2 amide bonds. The first kappa shape index (κ1) is 14.3. The molecule has 6 nitrogen and oxygen atoms in total. The molecule has 3 heterocycles. The summed E-state index contributed by atoms with van der Waals surface area (Å²) in [5, 5.41) is 13.0. The standard InChI is InChI=1S/C14H19N3O3S/c1-2-9-6-15-12(21-9)7-16-14(20)17-8-3-4-11(17)10(5-8)13(18)19/h6,8,10-11H,2-5,7H2,1H3,(H,16,20)(H,18,19). The van der Waals surface area contributed by atoms with Crippen molar-refractivity contribution in [3.8, 4) is 0 Å². The lowest BCUT2D eigenvalue weighted by atomic mass is 9.89. The second-order valence-electron chi connectivity index (χ2n) is 5.62. The van der Waals surface area contributed by atoms with Crippen molar-refractivity contribution in [3.05, 3.63) is 16.1 Å². The number of fused-ring (bicyclic) bond motifs is 2. The molecule has 2 bridgehead atoms. The second-order valence-corrected chi connectivity index (χ2v) is 6.82. The van der Waals surface area contributed by atoms with Crippen LogP contribution in [-0.4, -0.2) is 39.1 Å². The maximum Gasteiger partial charge on any atom is 0.318 e. The van der Waals surface area contributed by atoms with E-state index in [1.165, 1.54) is 4.88 Å². The predicted octanol–water partition coefficient (Wildman–Crippen LogP) is 1.85. The number of thiazole rings is 1. The minimum Gasteiger partial charge on any atom is -0.481 e. The van der Waals surface area contributed by atoms with Crippen LogP contribution in [-0.2, 0) is 17.8 Å². The molecule has 114 valence electrons. The van der Waals surface area contributed by atoms with Crippen LogP contribution in [0.3, 0.4) is 0 Å². The van der Waals surface area contributed by atoms with Gasteiger partial charge in [0.2, 0.25) is 0 Å². The molecule has 3 unspecified atom stereocenters. The Kier molecular flexibility index (Phi) is 3.84. The van der Waals surface area contributed by atoms with Gasteiger partial charge in [0, 0.05) is 23.2 Å². The largest absolute Gasteiger partial charge is 0.481 e. The molecule has 0 saturated carbocycles. The van der Waals surface area contributed by atoms with Gasteiger partial charge in [0.25, 0.3) is 0 Å². The molecule has 2 aliphatic heterocycles. The molecule has 1 aromatic heterocycles. The highest BCUT2D eigenvalue weighted by Crippen LogP contribution is 2.41. The van der Waals surface area contributed by atoms with E-state index in [0.717, 1.165) is 24.3 Å². The van der Waals surface area contributed by atoms with Gasteiger partial charge < -0.3 is 15.3 Å². The first-order chi connectivity index (χ1) is 10.1. The number of nitrogens with one attached hydrogen (secondary N) is 1. The Balaban J connectivity index is 1.60. The van der Waals surface area contributed by atoms with Gasteiger partial charge in [0.15, 0.2) is 0 Å². The van der Waals surface area contributed by atoms with Crippen molar-refractivity contribution in [1.82, 2.24) is 15.2 Å². The Hall–Kier alpha value is -1.63. The van der Waals surface area contributed by atoms with Gasteiger partial charge in [-0.15, -0.1) is 11.3 Å². The van der Waals surface area contributed by atoms with Crippen LogP contribution >= 0.6 is 11.3 Å². The van der Waals surface area contributed by atoms with Crippen LogP contribution in [0.4, 0.5) is 4.79 Å². The van der Waals surface area contributed by atoms with Gasteiger partial charge in [0.05, 0.1) is 12.5 Å². The maximum atomic E-state index is 12.3. The quantitative estimate of drug-likeness (QED) is 0.889. The van der Waals surface area contributed by atoms with Gasteiger partial charge in [-0.05, 0) is 25.7 Å². The number of nitrogens with zero attached hydrogens (tertiary/aromatic N) is 2. The van der Waals surface area contributed by atoms with Crippen LogP contribution in [0, 0.1) is 5.92 Å². The third-order valence-electron chi connectivity index (χ3n) is 4.43. The average molecular weight is 309 g/mol. The lowest BCUT2D eigenvalue weighted by Crippen LogP contribution is -2.44. The number of carboxylic acids is 1. The van der Waals surface area contributed by atoms with Crippen LogP contribution in [0.25, 0.3) is 0 Å². The monoisotopic (exact) mass is 309 g/mol. The predicted molar refractivity (Wildman–Crippen MR) is 78.1 cm³/mol. The molecule has 2 N–H and O–H groups in total. The minimum absolute atomic E-state index is 0.0820. The van der Waals surface area contributed by atoms with Gasteiger partial charge in [-0.3, -0.25) is 4.79 Å². The zero-order chi connectivity index (χ0) is 15.0. The van der Waals surface area contributed by atoms with E-state index in [2.05, 4.69) is 17.2 Å². The van der Waals surface area contributed by atoms with Gasteiger partial charge >= 0.3 is 12.0 Å². The molecule has 1 aromatic rings. The summed E-state index contributed by atoms with van der Waals surface area (Å²) < 4.78 is 0. The van der Waals surface area contributed by atoms with Crippen LogP contribution in [0.5, 0.6) is 0 Å². The fraction of sp³-hybridized carbons (Fsp3) is 0.643. The number of hydrogen-bond acceptors (Lipinski definition) is 4. The first-order valence-corrected chi connectivity index (χ1v) is 8.14. The topological polar surface area (TPSA) is 82.5 Å². The van der Waals surface area contributed by atoms with E-state index < -0.39 is 11.9 Å². The third kappa shape index (κ3) is 2.62. The summed E-state index contributed by atoms with van der Waals surface area (Å²) in [6, 6.07) is -0.215. The maximum absolute atomic E-state index is 12.3. The van der Waals surface area contributed by atoms with Crippen molar-refractivity contribution in [2.45, 2.75) is 51.2 Å². The van der Waals surface area contributed by atoms with Crippen LogP contribution in [0.1, 0.15) is 36.1 Å². The summed E-state index contributed by atoms with van der Waals surface area (Å²) in [4.78, 5) is 30.7. The highest BCUT2D eigenvalue weighted by Gasteiger charge is 2.51. The number of rotatable bonds is 4. The Morgan fingerprint density at radius 3 is 2.95 bits per heavy atom. The van der Waals surface area contributed by atoms with Crippen molar-refractivity contribution in [1.29, 1.82) is 0 Å². The molecule has 7 heteroatoms. The highest BCUT2D eigenvalue weighted by atomic mass is 32.1. The van der Waals surface area contributed by atoms with Crippen molar-refractivity contribution in [2.24, 2.45) is 5.92 Å². The van der Waals surface area contributed by atoms with Crippen molar-refractivity contribution >= 4 is 23.3 Å². The molecular weight excluding hydrogens is 290 g/mol. The number of hydrogen-bond donors (Lipinski definition) is 2. The molecule has 0 spiro atoms. The number of aromatic nitrogens is 1. The molecule has 0 aliphatic carbocycles. The molecule has 0 radical (unpaired) electrons. The molecule has 3 rings (SSSR count). The summed E-state index contributed by atoms with van der Waals surface area (Å²) in [6.07, 6.45) is 5.09. The zero-order valence-electron chi connectivity index (χ0n) is 11.9. The zero-order valence-corrected chi connectivity index (χ0v) is 12.7. The highest BCUT2D eigenvalue weighted by molar-refractivity contribution is 7.11. The number of aryl methyl sites for hydroxylation is 1. The van der Waals surface area contributed by atoms with Gasteiger partial charge in [-0.1, -0.05) is 6.92 Å². The number of carboxylic acid groups (broad SMARTS) is 1. The molecular formula is C14H19N3O3S. The van der Waals surface area contributed by atoms with E-state index in [-0.39, 0.29) is 18.1 Å². The normalized spacial score (nSPS) is 27.1. The van der Waals surface area contributed by atoms with E-state index in [1.54, 1.807) is 16.2 Å². The molecule has 2 saturated heterocycles. The van der Waals surface area contributed by atoms with Gasteiger partial charge in [-0.2, -0.15) is 0 Å². The smallest absolute Gasteiger partial charge is 0.318 e. The van der Waals surface area contributed by atoms with Crippen LogP contribution in [0.15, 0.2) is 6.20 Å². The second kappa shape index (κ2) is 5.63.